The Morgan fingerprint density at radius 3 is 2.57 bits per heavy atom. The van der Waals surface area contributed by atoms with Crippen LogP contribution in [0.15, 0.2) is 6.07 Å². The molecule has 72 valence electrons. The maximum absolute atomic E-state index is 10.2. The van der Waals surface area contributed by atoms with E-state index in [1.807, 2.05) is 0 Å². The summed E-state index contributed by atoms with van der Waals surface area (Å²) in [7, 11) is 0. The Hall–Kier alpha value is 0.806. The van der Waals surface area contributed by atoms with E-state index in [0.29, 0.717) is 6.42 Å². The van der Waals surface area contributed by atoms with Gasteiger partial charge in [-0.05, 0) is 44.7 Å². The van der Waals surface area contributed by atoms with Crippen LogP contribution in [-0.4, -0.2) is 5.97 Å². The van der Waals surface area contributed by atoms with E-state index in [9.17, 15) is 9.90 Å². The number of thiophene rings is 1. The third kappa shape index (κ3) is 5.05. The predicted molar refractivity (Wildman–Crippen MR) is 51.7 cm³/mol. The quantitative estimate of drug-likeness (QED) is 0.593. The van der Waals surface area contributed by atoms with Gasteiger partial charge in [-0.2, -0.15) is 0 Å². The molecule has 1 aromatic heterocycles. The molecule has 0 fully saturated rings. The average Bonchev–Trinajstić information content (AvgIpc) is 2.29. The van der Waals surface area contributed by atoms with Crippen LogP contribution in [0.3, 0.4) is 0 Å². The van der Waals surface area contributed by atoms with E-state index in [1.54, 1.807) is 11.3 Å². The van der Waals surface area contributed by atoms with Gasteiger partial charge < -0.3 is 9.90 Å². The molecule has 0 unspecified atom stereocenters. The molecule has 0 spiro atoms. The molecule has 14 heavy (non-hydrogen) atoms. The van der Waals surface area contributed by atoms with E-state index in [0.717, 1.165) is 6.42 Å². The van der Waals surface area contributed by atoms with Gasteiger partial charge in [-0.25, -0.2) is 0 Å². The maximum Gasteiger partial charge on any atom is 1.00 e. The Labute approximate surface area is 131 Å². The van der Waals surface area contributed by atoms with Crippen molar-refractivity contribution in [1.82, 2.24) is 0 Å². The molecule has 0 aliphatic heterocycles. The summed E-state index contributed by atoms with van der Waals surface area (Å²) in [5, 5.41) is 10.2. The number of rotatable bonds is 4. The molecule has 0 atom stereocenters. The zero-order valence-electron chi connectivity index (χ0n) is 8.92. The van der Waals surface area contributed by atoms with Gasteiger partial charge >= 0.3 is 51.4 Å². The number of aliphatic carboxylic acids is 1. The molecule has 0 amide bonds. The second-order valence-electron chi connectivity index (χ2n) is 3.16. The Morgan fingerprint density at radius 1 is 1.50 bits per heavy atom. The number of carbonyl (C=O) groups is 1. The summed E-state index contributed by atoms with van der Waals surface area (Å²) in [5.74, 6) is -0.954. The van der Waals surface area contributed by atoms with Crippen molar-refractivity contribution in [2.24, 2.45) is 0 Å². The van der Waals surface area contributed by atoms with Crippen molar-refractivity contribution in [3.8, 4) is 0 Å². The first kappa shape index (κ1) is 14.8. The molecule has 0 saturated carbocycles. The fourth-order valence-electron chi connectivity index (χ4n) is 1.35. The van der Waals surface area contributed by atoms with Crippen molar-refractivity contribution < 1.29 is 61.3 Å². The molecule has 0 aliphatic rings. The summed E-state index contributed by atoms with van der Waals surface area (Å²) in [6.07, 6.45) is 1.69. The van der Waals surface area contributed by atoms with Crippen LogP contribution >= 0.6 is 11.3 Å². The third-order valence-electron chi connectivity index (χ3n) is 1.97. The van der Waals surface area contributed by atoms with Gasteiger partial charge in [-0.1, -0.05) is 0 Å². The number of hydrogen-bond acceptors (Lipinski definition) is 3. The van der Waals surface area contributed by atoms with Gasteiger partial charge in [0.2, 0.25) is 0 Å². The van der Waals surface area contributed by atoms with Crippen molar-refractivity contribution in [3.63, 3.8) is 0 Å². The monoisotopic (exact) mass is 236 g/mol. The fraction of sp³-hybridized carbons (Fsp3) is 0.500. The number of aryl methyl sites for hydroxylation is 3. The molecule has 1 aromatic rings. The van der Waals surface area contributed by atoms with Crippen LogP contribution in [0.5, 0.6) is 0 Å². The summed E-state index contributed by atoms with van der Waals surface area (Å²) in [6, 6.07) is 2.13. The first-order valence-corrected chi connectivity index (χ1v) is 5.17. The first-order valence-electron chi connectivity index (χ1n) is 4.35. The summed E-state index contributed by atoms with van der Waals surface area (Å²) in [6.45, 7) is 4.14. The van der Waals surface area contributed by atoms with Gasteiger partial charge in [0.15, 0.2) is 0 Å². The van der Waals surface area contributed by atoms with E-state index >= 15 is 0 Å². The minimum absolute atomic E-state index is 0. The molecule has 0 radical (unpaired) electrons. The Morgan fingerprint density at radius 2 is 2.14 bits per heavy atom. The predicted octanol–water partition coefficient (Wildman–Crippen LogP) is -1.56. The molecular formula is C10H13KO2S. The molecule has 4 heteroatoms. The first-order chi connectivity index (χ1) is 6.09. The smallest absolute Gasteiger partial charge is 0.550 e. The van der Waals surface area contributed by atoms with Crippen LogP contribution in [-0.2, 0) is 11.2 Å². The second-order valence-corrected chi connectivity index (χ2v) is 4.62. The van der Waals surface area contributed by atoms with E-state index in [4.69, 9.17) is 0 Å². The molecule has 0 aliphatic carbocycles. The fourth-order valence-corrected chi connectivity index (χ4v) is 2.33. The van der Waals surface area contributed by atoms with Crippen molar-refractivity contribution in [1.29, 1.82) is 0 Å². The molecule has 0 bridgehead atoms. The van der Waals surface area contributed by atoms with E-state index < -0.39 is 5.97 Å². The van der Waals surface area contributed by atoms with Gasteiger partial charge in [-0.15, -0.1) is 11.3 Å². The minimum Gasteiger partial charge on any atom is -0.550 e. The molecule has 0 N–H and O–H groups in total. The normalized spacial score (nSPS) is 9.57. The molecule has 0 saturated heterocycles. The maximum atomic E-state index is 10.2. The van der Waals surface area contributed by atoms with Crippen LogP contribution in [0.2, 0.25) is 0 Å². The van der Waals surface area contributed by atoms with Gasteiger partial charge in [-0.3, -0.25) is 0 Å². The van der Waals surface area contributed by atoms with E-state index in [-0.39, 0.29) is 57.8 Å². The number of hydrogen-bond donors (Lipinski definition) is 0. The van der Waals surface area contributed by atoms with Crippen LogP contribution in [0.1, 0.15) is 28.2 Å². The summed E-state index contributed by atoms with van der Waals surface area (Å²) < 4.78 is 0. The average molecular weight is 236 g/mol. The van der Waals surface area contributed by atoms with Gasteiger partial charge in [0.05, 0.1) is 0 Å². The van der Waals surface area contributed by atoms with Gasteiger partial charge in [0.25, 0.3) is 0 Å². The van der Waals surface area contributed by atoms with Crippen molar-refractivity contribution >= 4 is 17.3 Å². The number of carbonyl (C=O) groups excluding carboxylic acids is 1. The van der Waals surface area contributed by atoms with Crippen LogP contribution < -0.4 is 56.5 Å². The summed E-state index contributed by atoms with van der Waals surface area (Å²) in [5.41, 5.74) is 1.28. The molecule has 2 nitrogen and oxygen atoms in total. The molecule has 1 rings (SSSR count). The van der Waals surface area contributed by atoms with Crippen LogP contribution in [0.25, 0.3) is 0 Å². The third-order valence-corrected chi connectivity index (χ3v) is 2.98. The minimum atomic E-state index is -0.954. The SMILES string of the molecule is Cc1cc(CCCC(=O)[O-])c(C)s1.[K+]. The van der Waals surface area contributed by atoms with Gasteiger partial charge in [0.1, 0.15) is 0 Å². The van der Waals surface area contributed by atoms with E-state index in [1.165, 1.54) is 15.3 Å². The summed E-state index contributed by atoms with van der Waals surface area (Å²) in [4.78, 5) is 12.8. The van der Waals surface area contributed by atoms with Crippen molar-refractivity contribution in [2.45, 2.75) is 33.1 Å². The van der Waals surface area contributed by atoms with E-state index in [2.05, 4.69) is 19.9 Å². The zero-order chi connectivity index (χ0) is 9.84. The largest absolute Gasteiger partial charge is 1.00 e. The second kappa shape index (κ2) is 7.14. The Kier molecular flexibility index (Phi) is 7.55. The Balaban J connectivity index is 0.00000169. The van der Waals surface area contributed by atoms with Crippen molar-refractivity contribution in [2.75, 3.05) is 0 Å². The standard InChI is InChI=1S/C10H14O2S.K/c1-7-6-9(8(2)13-7)4-3-5-10(11)12;/h6H,3-5H2,1-2H3,(H,11,12);/q;+1/p-1. The van der Waals surface area contributed by atoms with Crippen molar-refractivity contribution in [3.05, 3.63) is 21.4 Å². The van der Waals surface area contributed by atoms with Crippen LogP contribution in [0.4, 0.5) is 0 Å². The van der Waals surface area contributed by atoms with Crippen LogP contribution in [0, 0.1) is 13.8 Å². The molecule has 0 aromatic carbocycles. The topological polar surface area (TPSA) is 40.1 Å². The number of carboxylic acid groups (broad SMARTS) is 1. The zero-order valence-corrected chi connectivity index (χ0v) is 12.9. The number of carboxylic acids is 1. The summed E-state index contributed by atoms with van der Waals surface area (Å²) >= 11 is 1.76. The molecular weight excluding hydrogens is 223 g/mol. The molecule has 1 heterocycles. The van der Waals surface area contributed by atoms with Gasteiger partial charge in [0, 0.05) is 15.7 Å². The Bertz CT molecular complexity index is 307.